The number of thioether (sulfide) groups is 1. The number of rotatable bonds is 5. The van der Waals surface area contributed by atoms with Crippen LogP contribution in [0.15, 0.2) is 59.8 Å². The molecular weight excluding hydrogens is 423 g/mol. The summed E-state index contributed by atoms with van der Waals surface area (Å²) < 4.78 is 14.2. The van der Waals surface area contributed by atoms with Gasteiger partial charge in [-0.3, -0.25) is 24.5 Å². The number of hydrogen-bond donors (Lipinski definition) is 1. The van der Waals surface area contributed by atoms with Gasteiger partial charge in [0.05, 0.1) is 15.9 Å². The van der Waals surface area contributed by atoms with Crippen LogP contribution in [0.5, 0.6) is 0 Å². The molecule has 0 bridgehead atoms. The number of anilines is 1. The Hall–Kier alpha value is -3.17. The fraction of sp³-hybridized carbons (Fsp3) is 0.0952. The number of amides is 2. The molecule has 1 fully saturated rings. The molecule has 9 heteroatoms. The zero-order valence-corrected chi connectivity index (χ0v) is 17.2. The lowest BCUT2D eigenvalue weighted by molar-refractivity contribution is -0.122. The van der Waals surface area contributed by atoms with Crippen LogP contribution < -0.4 is 5.32 Å². The van der Waals surface area contributed by atoms with Gasteiger partial charge in [-0.1, -0.05) is 42.2 Å². The van der Waals surface area contributed by atoms with Crippen molar-refractivity contribution in [2.75, 3.05) is 11.9 Å². The first-order chi connectivity index (χ1) is 14.5. The Kier molecular flexibility index (Phi) is 5.82. The van der Waals surface area contributed by atoms with E-state index in [1.807, 2.05) is 0 Å². The minimum Gasteiger partial charge on any atom is -0.326 e. The normalized spacial score (nSPS) is 15.2. The molecule has 1 aliphatic rings. The number of hydrogen-bond acceptors (Lipinski definition) is 6. The summed E-state index contributed by atoms with van der Waals surface area (Å²) in [5.41, 5.74) is 2.31. The predicted molar refractivity (Wildman–Crippen MR) is 119 cm³/mol. The van der Waals surface area contributed by atoms with Gasteiger partial charge in [-0.15, -0.1) is 0 Å². The number of fused-ring (bicyclic) bond motifs is 1. The van der Waals surface area contributed by atoms with Gasteiger partial charge in [0.1, 0.15) is 10.1 Å². The number of nitrogens with one attached hydrogen (secondary N) is 1. The lowest BCUT2D eigenvalue weighted by atomic mass is 10.2. The summed E-state index contributed by atoms with van der Waals surface area (Å²) in [4.78, 5) is 35.0. The highest BCUT2D eigenvalue weighted by Crippen LogP contribution is 2.33. The molecule has 2 aromatic carbocycles. The van der Waals surface area contributed by atoms with E-state index in [0.717, 1.165) is 17.3 Å². The maximum atomic E-state index is 13.8. The van der Waals surface area contributed by atoms with E-state index in [1.165, 1.54) is 17.0 Å². The van der Waals surface area contributed by atoms with Gasteiger partial charge < -0.3 is 5.32 Å². The van der Waals surface area contributed by atoms with Crippen molar-refractivity contribution in [1.82, 2.24) is 14.9 Å². The van der Waals surface area contributed by atoms with Crippen LogP contribution in [-0.4, -0.2) is 37.5 Å². The van der Waals surface area contributed by atoms with E-state index >= 15 is 0 Å². The van der Waals surface area contributed by atoms with Crippen molar-refractivity contribution in [3.63, 3.8) is 0 Å². The molecule has 0 aliphatic carbocycles. The Morgan fingerprint density at radius 1 is 1.17 bits per heavy atom. The first-order valence-corrected chi connectivity index (χ1v) is 10.2. The maximum Gasteiger partial charge on any atom is 0.266 e. The second kappa shape index (κ2) is 8.68. The molecule has 0 spiro atoms. The molecule has 1 N–H and O–H groups in total. The number of carbonyl (C=O) groups excluding carboxylic acids is 2. The summed E-state index contributed by atoms with van der Waals surface area (Å²) in [6.45, 7) is 0.137. The van der Waals surface area contributed by atoms with E-state index in [4.69, 9.17) is 12.2 Å². The zero-order chi connectivity index (χ0) is 21.1. The molecule has 30 heavy (non-hydrogen) atoms. The number of thiocarbonyl (C=S) groups is 1. The molecule has 4 rings (SSSR count). The van der Waals surface area contributed by atoms with Crippen LogP contribution in [-0.2, 0) is 9.59 Å². The molecule has 0 unspecified atom stereocenters. The summed E-state index contributed by atoms with van der Waals surface area (Å²) in [5.74, 6) is -1.00. The van der Waals surface area contributed by atoms with Gasteiger partial charge in [-0.05, 0) is 30.3 Å². The molecule has 2 amide bonds. The van der Waals surface area contributed by atoms with Crippen LogP contribution in [0.1, 0.15) is 12.0 Å². The highest BCUT2D eigenvalue weighted by molar-refractivity contribution is 8.26. The smallest absolute Gasteiger partial charge is 0.266 e. The van der Waals surface area contributed by atoms with Crippen molar-refractivity contribution in [2.24, 2.45) is 0 Å². The van der Waals surface area contributed by atoms with Gasteiger partial charge in [0.25, 0.3) is 5.91 Å². The molecule has 1 saturated heterocycles. The topological polar surface area (TPSA) is 75.2 Å². The van der Waals surface area contributed by atoms with E-state index in [9.17, 15) is 14.0 Å². The highest BCUT2D eigenvalue weighted by atomic mass is 32.2. The molecule has 0 saturated carbocycles. The van der Waals surface area contributed by atoms with Crippen molar-refractivity contribution < 1.29 is 14.0 Å². The Morgan fingerprint density at radius 2 is 1.93 bits per heavy atom. The lowest BCUT2D eigenvalue weighted by Gasteiger charge is -2.14. The summed E-state index contributed by atoms with van der Waals surface area (Å²) >= 11 is 6.36. The standard InChI is InChI=1S/C21H15FN4O2S2/c22-15-4-2-1-3-13(15)11-18-20(28)26(21(29)30-18)10-7-19(27)25-14-5-6-16-17(12-14)24-9-8-23-16/h1-6,8-9,11-12H,7,10H2,(H,25,27)/b18-11-. The number of halogens is 1. The molecular formula is C21H15FN4O2S2. The Balaban J connectivity index is 1.39. The van der Waals surface area contributed by atoms with E-state index in [-0.39, 0.29) is 24.8 Å². The average Bonchev–Trinajstić information content (AvgIpc) is 3.00. The second-order valence-electron chi connectivity index (χ2n) is 6.41. The number of carbonyl (C=O) groups is 2. The van der Waals surface area contributed by atoms with Gasteiger partial charge >= 0.3 is 0 Å². The van der Waals surface area contributed by atoms with E-state index in [2.05, 4.69) is 15.3 Å². The summed E-state index contributed by atoms with van der Waals surface area (Å²) in [5, 5.41) is 2.79. The van der Waals surface area contributed by atoms with Crippen molar-refractivity contribution in [3.8, 4) is 0 Å². The van der Waals surface area contributed by atoms with Crippen LogP contribution in [0.2, 0.25) is 0 Å². The van der Waals surface area contributed by atoms with Crippen LogP contribution >= 0.6 is 24.0 Å². The average molecular weight is 439 g/mol. The third-order valence-electron chi connectivity index (χ3n) is 4.38. The maximum absolute atomic E-state index is 13.8. The van der Waals surface area contributed by atoms with Gasteiger partial charge in [-0.25, -0.2) is 4.39 Å². The molecule has 1 aromatic heterocycles. The van der Waals surface area contributed by atoms with Crippen LogP contribution in [0, 0.1) is 5.82 Å². The summed E-state index contributed by atoms with van der Waals surface area (Å²) in [6.07, 6.45) is 4.73. The second-order valence-corrected chi connectivity index (χ2v) is 8.09. The van der Waals surface area contributed by atoms with Gasteiger partial charge in [0, 0.05) is 36.6 Å². The number of benzene rings is 2. The Bertz CT molecular complexity index is 1200. The van der Waals surface area contributed by atoms with Gasteiger partial charge in [0.15, 0.2) is 0 Å². The molecule has 0 atom stereocenters. The molecule has 6 nitrogen and oxygen atoms in total. The summed E-state index contributed by atoms with van der Waals surface area (Å²) in [7, 11) is 0. The third-order valence-corrected chi connectivity index (χ3v) is 5.76. The highest BCUT2D eigenvalue weighted by Gasteiger charge is 2.32. The molecule has 0 radical (unpaired) electrons. The zero-order valence-electron chi connectivity index (χ0n) is 15.5. The number of nitrogens with zero attached hydrogens (tertiary/aromatic N) is 3. The van der Waals surface area contributed by atoms with Crippen molar-refractivity contribution in [2.45, 2.75) is 6.42 Å². The SMILES string of the molecule is O=C(CCN1C(=O)/C(=C/c2ccccc2F)SC1=S)Nc1ccc2nccnc2c1. The predicted octanol–water partition coefficient (Wildman–Crippen LogP) is 4.00. The lowest BCUT2D eigenvalue weighted by Crippen LogP contribution is -2.31. The van der Waals surface area contributed by atoms with Crippen LogP contribution in [0.25, 0.3) is 17.1 Å². The molecule has 150 valence electrons. The molecule has 1 aliphatic heterocycles. The Morgan fingerprint density at radius 3 is 2.73 bits per heavy atom. The van der Waals surface area contributed by atoms with Crippen molar-refractivity contribution in [3.05, 3.63) is 71.1 Å². The minimum absolute atomic E-state index is 0.0674. The van der Waals surface area contributed by atoms with Crippen molar-refractivity contribution in [1.29, 1.82) is 0 Å². The van der Waals surface area contributed by atoms with E-state index in [0.29, 0.717) is 26.0 Å². The quantitative estimate of drug-likeness (QED) is 0.479. The van der Waals surface area contributed by atoms with Crippen LogP contribution in [0.4, 0.5) is 10.1 Å². The third kappa shape index (κ3) is 4.37. The van der Waals surface area contributed by atoms with Crippen molar-refractivity contribution >= 4 is 62.9 Å². The summed E-state index contributed by atoms with van der Waals surface area (Å²) in [6, 6.07) is 11.4. The fourth-order valence-electron chi connectivity index (χ4n) is 2.90. The van der Waals surface area contributed by atoms with Crippen LogP contribution in [0.3, 0.4) is 0 Å². The number of aromatic nitrogens is 2. The van der Waals surface area contributed by atoms with Gasteiger partial charge in [0.2, 0.25) is 5.91 Å². The molecule has 3 aromatic rings. The monoisotopic (exact) mass is 438 g/mol. The van der Waals surface area contributed by atoms with Gasteiger partial charge in [-0.2, -0.15) is 0 Å². The van der Waals surface area contributed by atoms with E-state index < -0.39 is 5.82 Å². The van der Waals surface area contributed by atoms with E-state index in [1.54, 1.807) is 48.8 Å². The minimum atomic E-state index is -0.415. The largest absolute Gasteiger partial charge is 0.326 e. The molecule has 2 heterocycles. The first-order valence-electron chi connectivity index (χ1n) is 9.02. The Labute approximate surface area is 181 Å². The first kappa shape index (κ1) is 20.1. The fourth-order valence-corrected chi connectivity index (χ4v) is 4.20.